The first-order valence-corrected chi connectivity index (χ1v) is 13.4. The van der Waals surface area contributed by atoms with E-state index in [0.29, 0.717) is 18.3 Å². The Labute approximate surface area is 218 Å². The van der Waals surface area contributed by atoms with Crippen molar-refractivity contribution in [1.29, 1.82) is 0 Å². The lowest BCUT2D eigenvalue weighted by molar-refractivity contribution is 0.0273. The summed E-state index contributed by atoms with van der Waals surface area (Å²) < 4.78 is 13.8. The number of morpholine rings is 1. The summed E-state index contributed by atoms with van der Waals surface area (Å²) in [6.07, 6.45) is 8.55. The number of nitrogen functional groups attached to an aromatic ring is 1. The standard InChI is InChI=1S/C30H35N5O2/c31-29-28-27(25-7-4-8-26(19-25)37-21-23-5-2-1-3-6-23)33-30(35(28)14-13-32-29)24-11-9-22(10-12-24)20-34-15-17-36-18-16-34/h1-8,13-14,19,22,24H,9-12,15-18,20-21H2,(H2,31,32). The first-order valence-electron chi connectivity index (χ1n) is 13.4. The molecule has 0 unspecified atom stereocenters. The molecule has 1 aliphatic heterocycles. The SMILES string of the molecule is Nc1nccn2c(C3CCC(CN4CCOCC4)CC3)nc(-c3cccc(OCc4ccccc4)c3)c12. The van der Waals surface area contributed by atoms with Crippen molar-refractivity contribution < 1.29 is 9.47 Å². The molecule has 2 fully saturated rings. The molecule has 1 aliphatic carbocycles. The van der Waals surface area contributed by atoms with Crippen LogP contribution >= 0.6 is 0 Å². The molecular formula is C30H35N5O2. The van der Waals surface area contributed by atoms with Gasteiger partial charge in [-0.25, -0.2) is 9.97 Å². The Bertz CT molecular complexity index is 1320. The second-order valence-electron chi connectivity index (χ2n) is 10.3. The maximum atomic E-state index is 6.42. The van der Waals surface area contributed by atoms with Crippen molar-refractivity contribution in [3.63, 3.8) is 0 Å². The fraction of sp³-hybridized carbons (Fsp3) is 0.400. The van der Waals surface area contributed by atoms with E-state index in [-0.39, 0.29) is 0 Å². The third-order valence-electron chi connectivity index (χ3n) is 7.80. The van der Waals surface area contributed by atoms with Gasteiger partial charge < -0.3 is 15.2 Å². The highest BCUT2D eigenvalue weighted by Crippen LogP contribution is 2.39. The molecule has 2 aromatic carbocycles. The topological polar surface area (TPSA) is 77.9 Å². The van der Waals surface area contributed by atoms with Gasteiger partial charge in [0.15, 0.2) is 0 Å². The number of ether oxygens (including phenoxy) is 2. The van der Waals surface area contributed by atoms with Crippen LogP contribution in [0.3, 0.4) is 0 Å². The maximum Gasteiger partial charge on any atom is 0.150 e. The van der Waals surface area contributed by atoms with Gasteiger partial charge in [0.1, 0.15) is 35.2 Å². The molecule has 0 spiro atoms. The molecule has 0 bridgehead atoms. The monoisotopic (exact) mass is 497 g/mol. The van der Waals surface area contributed by atoms with Gasteiger partial charge in [0.05, 0.1) is 13.2 Å². The summed E-state index contributed by atoms with van der Waals surface area (Å²) in [5.74, 6) is 3.59. The van der Waals surface area contributed by atoms with E-state index in [1.54, 1.807) is 6.20 Å². The number of hydrogen-bond acceptors (Lipinski definition) is 6. The van der Waals surface area contributed by atoms with E-state index in [0.717, 1.165) is 79.0 Å². The number of benzene rings is 2. The molecule has 192 valence electrons. The molecule has 1 saturated heterocycles. The Morgan fingerprint density at radius 2 is 1.78 bits per heavy atom. The van der Waals surface area contributed by atoms with Crippen molar-refractivity contribution >= 4 is 11.3 Å². The van der Waals surface area contributed by atoms with E-state index in [9.17, 15) is 0 Å². The van der Waals surface area contributed by atoms with Gasteiger partial charge in [-0.05, 0) is 49.3 Å². The molecule has 7 heteroatoms. The van der Waals surface area contributed by atoms with Crippen LogP contribution in [-0.2, 0) is 11.3 Å². The summed E-state index contributed by atoms with van der Waals surface area (Å²) in [7, 11) is 0. The predicted octanol–water partition coefficient (Wildman–Crippen LogP) is 5.16. The van der Waals surface area contributed by atoms with Crippen LogP contribution in [-0.4, -0.2) is 52.1 Å². The second-order valence-corrected chi connectivity index (χ2v) is 10.3. The minimum Gasteiger partial charge on any atom is -0.489 e. The zero-order valence-corrected chi connectivity index (χ0v) is 21.3. The summed E-state index contributed by atoms with van der Waals surface area (Å²) in [6.45, 7) is 5.58. The minimum absolute atomic E-state index is 0.418. The maximum absolute atomic E-state index is 6.42. The van der Waals surface area contributed by atoms with Crippen molar-refractivity contribution in [3.8, 4) is 17.0 Å². The normalized spacial score (nSPS) is 20.8. The predicted molar refractivity (Wildman–Crippen MR) is 146 cm³/mol. The van der Waals surface area contributed by atoms with E-state index in [1.807, 2.05) is 36.5 Å². The molecule has 6 rings (SSSR count). The van der Waals surface area contributed by atoms with Crippen LogP contribution in [0.25, 0.3) is 16.8 Å². The van der Waals surface area contributed by atoms with E-state index in [4.69, 9.17) is 20.2 Å². The van der Waals surface area contributed by atoms with Gasteiger partial charge in [-0.1, -0.05) is 42.5 Å². The van der Waals surface area contributed by atoms with Crippen molar-refractivity contribution in [1.82, 2.24) is 19.3 Å². The van der Waals surface area contributed by atoms with Crippen LogP contribution in [0, 0.1) is 5.92 Å². The molecule has 7 nitrogen and oxygen atoms in total. The number of imidazole rings is 1. The highest BCUT2D eigenvalue weighted by atomic mass is 16.5. The zero-order valence-electron chi connectivity index (χ0n) is 21.3. The number of rotatable bonds is 7. The number of hydrogen-bond donors (Lipinski definition) is 1. The van der Waals surface area contributed by atoms with Crippen LogP contribution in [0.5, 0.6) is 5.75 Å². The number of fused-ring (bicyclic) bond motifs is 1. The summed E-state index contributed by atoms with van der Waals surface area (Å²) in [5, 5.41) is 0. The third-order valence-corrected chi connectivity index (χ3v) is 7.80. The first-order chi connectivity index (χ1) is 18.2. The van der Waals surface area contributed by atoms with Crippen molar-refractivity contribution in [3.05, 3.63) is 78.4 Å². The molecule has 0 atom stereocenters. The van der Waals surface area contributed by atoms with Crippen LogP contribution < -0.4 is 10.5 Å². The van der Waals surface area contributed by atoms with Crippen LogP contribution in [0.15, 0.2) is 67.0 Å². The van der Waals surface area contributed by atoms with E-state index >= 15 is 0 Å². The van der Waals surface area contributed by atoms with Crippen LogP contribution in [0.4, 0.5) is 5.82 Å². The fourth-order valence-electron chi connectivity index (χ4n) is 5.80. The van der Waals surface area contributed by atoms with E-state index in [2.05, 4.69) is 38.6 Å². The lowest BCUT2D eigenvalue weighted by Gasteiger charge is -2.34. The first kappa shape index (κ1) is 23.9. The highest BCUT2D eigenvalue weighted by Gasteiger charge is 2.28. The van der Waals surface area contributed by atoms with Gasteiger partial charge >= 0.3 is 0 Å². The summed E-state index contributed by atoms with van der Waals surface area (Å²) >= 11 is 0. The smallest absolute Gasteiger partial charge is 0.150 e. The van der Waals surface area contributed by atoms with Gasteiger partial charge in [-0.15, -0.1) is 0 Å². The summed E-state index contributed by atoms with van der Waals surface area (Å²) in [5.41, 5.74) is 10.3. The zero-order chi connectivity index (χ0) is 25.0. The Morgan fingerprint density at radius 3 is 2.59 bits per heavy atom. The van der Waals surface area contributed by atoms with E-state index < -0.39 is 0 Å². The van der Waals surface area contributed by atoms with Crippen molar-refractivity contribution in [2.45, 2.75) is 38.2 Å². The van der Waals surface area contributed by atoms with Crippen LogP contribution in [0.1, 0.15) is 43.0 Å². The average Bonchev–Trinajstić information content (AvgIpc) is 3.35. The Kier molecular flexibility index (Phi) is 7.06. The largest absolute Gasteiger partial charge is 0.489 e. The number of nitrogens with two attached hydrogens (primary N) is 1. The molecule has 4 aromatic rings. The average molecular weight is 498 g/mol. The molecular weight excluding hydrogens is 462 g/mol. The molecule has 0 radical (unpaired) electrons. The molecule has 2 aliphatic rings. The van der Waals surface area contributed by atoms with Crippen molar-refractivity contribution in [2.75, 3.05) is 38.6 Å². The molecule has 0 amide bonds. The number of nitrogens with zero attached hydrogens (tertiary/aromatic N) is 4. The molecule has 2 N–H and O–H groups in total. The quantitative estimate of drug-likeness (QED) is 0.380. The fourth-order valence-corrected chi connectivity index (χ4v) is 5.80. The van der Waals surface area contributed by atoms with Gasteiger partial charge in [0.25, 0.3) is 0 Å². The van der Waals surface area contributed by atoms with Gasteiger partial charge in [-0.3, -0.25) is 9.30 Å². The summed E-state index contributed by atoms with van der Waals surface area (Å²) in [4.78, 5) is 12.2. The third kappa shape index (κ3) is 5.33. The lowest BCUT2D eigenvalue weighted by Crippen LogP contribution is -2.40. The highest BCUT2D eigenvalue weighted by molar-refractivity contribution is 5.85. The second kappa shape index (κ2) is 10.9. The van der Waals surface area contributed by atoms with Gasteiger partial charge in [0, 0.05) is 43.5 Å². The minimum atomic E-state index is 0.418. The summed E-state index contributed by atoms with van der Waals surface area (Å²) in [6, 6.07) is 18.4. The van der Waals surface area contributed by atoms with Gasteiger partial charge in [-0.2, -0.15) is 0 Å². The van der Waals surface area contributed by atoms with Crippen molar-refractivity contribution in [2.24, 2.45) is 5.92 Å². The Balaban J connectivity index is 1.22. The molecule has 37 heavy (non-hydrogen) atoms. The van der Waals surface area contributed by atoms with Gasteiger partial charge in [0.2, 0.25) is 0 Å². The molecule has 2 aromatic heterocycles. The number of anilines is 1. The van der Waals surface area contributed by atoms with E-state index in [1.165, 1.54) is 19.4 Å². The molecule has 3 heterocycles. The lowest BCUT2D eigenvalue weighted by atomic mass is 9.81. The Morgan fingerprint density at radius 1 is 0.973 bits per heavy atom. The molecule has 1 saturated carbocycles. The number of aromatic nitrogens is 3. The Hall–Kier alpha value is -3.42. The van der Waals surface area contributed by atoms with Crippen LogP contribution in [0.2, 0.25) is 0 Å².